The Kier molecular flexibility index (Phi) is 6.76. The minimum Gasteiger partial charge on any atom is -0.465 e. The van der Waals surface area contributed by atoms with Crippen molar-refractivity contribution in [3.8, 4) is 0 Å². The summed E-state index contributed by atoms with van der Waals surface area (Å²) in [6.07, 6.45) is 1.91. The number of hydrogen-bond acceptors (Lipinski definition) is 8. The molecule has 2 N–H and O–H groups in total. The quantitative estimate of drug-likeness (QED) is 0.494. The maximum atomic E-state index is 14.1. The molecule has 10 heteroatoms. The van der Waals surface area contributed by atoms with Crippen LogP contribution in [0.1, 0.15) is 58.3 Å². The van der Waals surface area contributed by atoms with Gasteiger partial charge in [0.05, 0.1) is 30.1 Å². The van der Waals surface area contributed by atoms with E-state index in [1.54, 1.807) is 18.2 Å². The van der Waals surface area contributed by atoms with Crippen LogP contribution in [0.4, 0.5) is 21.8 Å². The van der Waals surface area contributed by atoms with Gasteiger partial charge in [-0.3, -0.25) is 0 Å². The Balaban J connectivity index is 1.90. The van der Waals surface area contributed by atoms with Crippen LogP contribution in [-0.2, 0) is 14.0 Å². The van der Waals surface area contributed by atoms with Gasteiger partial charge in [-0.05, 0) is 58.6 Å². The van der Waals surface area contributed by atoms with Crippen molar-refractivity contribution in [2.75, 3.05) is 17.7 Å². The normalized spacial score (nSPS) is 17.7. The molecule has 1 aromatic carbocycles. The van der Waals surface area contributed by atoms with Crippen molar-refractivity contribution in [1.82, 2.24) is 9.97 Å². The van der Waals surface area contributed by atoms with Crippen molar-refractivity contribution in [2.45, 2.75) is 65.2 Å². The molecule has 1 atom stereocenters. The number of carbonyl (C=O) groups is 1. The molecule has 1 aliphatic heterocycles. The average Bonchev–Trinajstić information content (AvgIpc) is 2.96. The van der Waals surface area contributed by atoms with E-state index < -0.39 is 30.1 Å². The van der Waals surface area contributed by atoms with Crippen LogP contribution in [0.15, 0.2) is 24.4 Å². The summed E-state index contributed by atoms with van der Waals surface area (Å²) in [5, 5.41) is 6.03. The topological polar surface area (TPSA) is 94.6 Å². The predicted molar refractivity (Wildman–Crippen MR) is 122 cm³/mol. The summed E-state index contributed by atoms with van der Waals surface area (Å²) >= 11 is 0. The number of rotatable bonds is 7. The van der Waals surface area contributed by atoms with Gasteiger partial charge >= 0.3 is 13.1 Å². The van der Waals surface area contributed by atoms with Gasteiger partial charge in [-0.1, -0.05) is 13.0 Å². The molecule has 172 valence electrons. The van der Waals surface area contributed by atoms with E-state index in [1.807, 2.05) is 41.5 Å². The Morgan fingerprint density at radius 3 is 2.50 bits per heavy atom. The third-order valence-electron chi connectivity index (χ3n) is 5.96. The van der Waals surface area contributed by atoms with Gasteiger partial charge in [-0.2, -0.15) is 4.98 Å². The SMILES string of the molecule is CCC(C)Nc1nc(Nc2ccc(B3OC(C)(C)C(C)(C)O3)c(C(=O)OC)c2)ncc1F. The molecule has 1 aromatic heterocycles. The van der Waals surface area contributed by atoms with Crippen LogP contribution in [0.5, 0.6) is 0 Å². The molecule has 1 saturated heterocycles. The van der Waals surface area contributed by atoms with E-state index in [9.17, 15) is 9.18 Å². The second-order valence-corrected chi connectivity index (χ2v) is 8.85. The monoisotopic (exact) mass is 444 g/mol. The van der Waals surface area contributed by atoms with Crippen LogP contribution in [0.25, 0.3) is 0 Å². The number of benzene rings is 1. The lowest BCUT2D eigenvalue weighted by molar-refractivity contribution is 0.00578. The Labute approximate surface area is 188 Å². The van der Waals surface area contributed by atoms with Gasteiger partial charge in [0.1, 0.15) is 0 Å². The van der Waals surface area contributed by atoms with Gasteiger partial charge in [-0.15, -0.1) is 0 Å². The van der Waals surface area contributed by atoms with Crippen LogP contribution < -0.4 is 16.1 Å². The first-order valence-electron chi connectivity index (χ1n) is 10.6. The molecule has 3 rings (SSSR count). The number of nitrogens with one attached hydrogen (secondary N) is 2. The number of nitrogens with zero attached hydrogens (tertiary/aromatic N) is 2. The highest BCUT2D eigenvalue weighted by Crippen LogP contribution is 2.37. The molecule has 0 radical (unpaired) electrons. The number of ether oxygens (including phenoxy) is 1. The van der Waals surface area contributed by atoms with E-state index in [2.05, 4.69) is 20.6 Å². The first-order valence-corrected chi connectivity index (χ1v) is 10.6. The minimum atomic E-state index is -0.725. The van der Waals surface area contributed by atoms with Crippen molar-refractivity contribution >= 4 is 36.0 Å². The summed E-state index contributed by atoms with van der Waals surface area (Å²) < 4.78 is 31.2. The number of aromatic nitrogens is 2. The minimum absolute atomic E-state index is 0.0531. The average molecular weight is 444 g/mol. The molecule has 2 aromatic rings. The molecule has 32 heavy (non-hydrogen) atoms. The first kappa shape index (κ1) is 23.9. The summed E-state index contributed by atoms with van der Waals surface area (Å²) in [6.45, 7) is 11.7. The molecular formula is C22H30BFN4O4. The number of anilines is 3. The second kappa shape index (κ2) is 9.03. The van der Waals surface area contributed by atoms with Crippen molar-refractivity contribution in [3.63, 3.8) is 0 Å². The van der Waals surface area contributed by atoms with Gasteiger partial charge in [0.15, 0.2) is 11.6 Å². The highest BCUT2D eigenvalue weighted by Gasteiger charge is 2.52. The van der Waals surface area contributed by atoms with Crippen LogP contribution in [0.2, 0.25) is 0 Å². The fourth-order valence-corrected chi connectivity index (χ4v) is 3.09. The van der Waals surface area contributed by atoms with Crippen LogP contribution >= 0.6 is 0 Å². The van der Waals surface area contributed by atoms with Gasteiger partial charge in [-0.25, -0.2) is 14.2 Å². The number of hydrogen-bond donors (Lipinski definition) is 2. The summed E-state index contributed by atoms with van der Waals surface area (Å²) in [7, 11) is 0.586. The number of halogens is 1. The molecule has 1 unspecified atom stereocenters. The Bertz CT molecular complexity index is 986. The summed E-state index contributed by atoms with van der Waals surface area (Å²) in [5.41, 5.74) is 0.273. The van der Waals surface area contributed by atoms with E-state index in [-0.39, 0.29) is 23.4 Å². The zero-order valence-electron chi connectivity index (χ0n) is 19.6. The molecule has 2 heterocycles. The Morgan fingerprint density at radius 2 is 1.91 bits per heavy atom. The zero-order chi connectivity index (χ0) is 23.7. The summed E-state index contributed by atoms with van der Waals surface area (Å²) in [4.78, 5) is 20.7. The molecule has 0 saturated carbocycles. The molecule has 1 aliphatic rings. The van der Waals surface area contributed by atoms with Gasteiger partial charge in [0.25, 0.3) is 0 Å². The maximum absolute atomic E-state index is 14.1. The third kappa shape index (κ3) is 4.86. The van der Waals surface area contributed by atoms with Crippen LogP contribution in [0, 0.1) is 5.82 Å². The zero-order valence-corrected chi connectivity index (χ0v) is 19.6. The molecule has 1 fully saturated rings. The molecule has 0 bridgehead atoms. The van der Waals surface area contributed by atoms with E-state index >= 15 is 0 Å². The Morgan fingerprint density at radius 1 is 1.25 bits per heavy atom. The van der Waals surface area contributed by atoms with Crippen LogP contribution in [-0.4, -0.2) is 47.4 Å². The van der Waals surface area contributed by atoms with E-state index in [1.165, 1.54) is 7.11 Å². The van der Waals surface area contributed by atoms with E-state index in [0.717, 1.165) is 12.6 Å². The Hall–Kier alpha value is -2.72. The largest absolute Gasteiger partial charge is 0.495 e. The van der Waals surface area contributed by atoms with Gasteiger partial charge < -0.3 is 24.7 Å². The van der Waals surface area contributed by atoms with Crippen molar-refractivity contribution in [1.29, 1.82) is 0 Å². The number of esters is 1. The fourth-order valence-electron chi connectivity index (χ4n) is 3.09. The smallest absolute Gasteiger partial charge is 0.465 e. The lowest BCUT2D eigenvalue weighted by Gasteiger charge is -2.32. The highest BCUT2D eigenvalue weighted by atomic mass is 19.1. The summed E-state index contributed by atoms with van der Waals surface area (Å²) in [5.74, 6) is -0.769. The second-order valence-electron chi connectivity index (χ2n) is 8.85. The number of carbonyl (C=O) groups excluding carboxylic acids is 1. The van der Waals surface area contributed by atoms with Crippen molar-refractivity contribution < 1.29 is 23.2 Å². The van der Waals surface area contributed by atoms with Crippen molar-refractivity contribution in [2.24, 2.45) is 0 Å². The maximum Gasteiger partial charge on any atom is 0.495 e. The van der Waals surface area contributed by atoms with Gasteiger partial charge in [0.2, 0.25) is 5.95 Å². The molecule has 8 nitrogen and oxygen atoms in total. The highest BCUT2D eigenvalue weighted by molar-refractivity contribution is 6.63. The van der Waals surface area contributed by atoms with E-state index in [0.29, 0.717) is 11.2 Å². The molecule has 0 aliphatic carbocycles. The third-order valence-corrected chi connectivity index (χ3v) is 5.96. The predicted octanol–water partition coefficient (Wildman–Crippen LogP) is 3.66. The fraction of sp³-hybridized carbons (Fsp3) is 0.500. The van der Waals surface area contributed by atoms with E-state index in [4.69, 9.17) is 14.0 Å². The molecule has 0 spiro atoms. The summed E-state index contributed by atoms with van der Waals surface area (Å²) in [6, 6.07) is 5.15. The van der Waals surface area contributed by atoms with Crippen molar-refractivity contribution in [3.05, 3.63) is 35.8 Å². The number of methoxy groups -OCH3 is 1. The van der Waals surface area contributed by atoms with Gasteiger partial charge in [0, 0.05) is 11.7 Å². The molecule has 0 amide bonds. The standard InChI is InChI=1S/C22H30BFN4O4/c1-8-13(2)26-18-17(24)12-25-20(28-18)27-14-9-10-16(15(11-14)19(29)30-7)23-31-21(3,4)22(5,6)32-23/h9-13H,8H2,1-7H3,(H2,25,26,27,28). The first-order chi connectivity index (χ1) is 15.0. The lowest BCUT2D eigenvalue weighted by atomic mass is 9.75. The van der Waals surface area contributed by atoms with Crippen LogP contribution in [0.3, 0.4) is 0 Å². The molecular weight excluding hydrogens is 414 g/mol. The lowest BCUT2D eigenvalue weighted by Crippen LogP contribution is -2.41.